The number of rotatable bonds is 15. The van der Waals surface area contributed by atoms with E-state index in [-0.39, 0.29) is 22.6 Å². The summed E-state index contributed by atoms with van der Waals surface area (Å²) in [7, 11) is 1.40. The lowest BCUT2D eigenvalue weighted by molar-refractivity contribution is -0.143. The van der Waals surface area contributed by atoms with E-state index in [9.17, 15) is 15.0 Å². The van der Waals surface area contributed by atoms with Crippen LogP contribution in [-0.4, -0.2) is 56.6 Å². The number of aliphatic hydroxyl groups is 2. The Kier molecular flexibility index (Phi) is 17.1. The molecule has 3 aromatic carbocycles. The third-order valence-corrected chi connectivity index (χ3v) is 29.9. The Balaban J connectivity index is 0.0000000995. The van der Waals surface area contributed by atoms with Crippen molar-refractivity contribution in [3.63, 3.8) is 0 Å². The molecule has 0 amide bonds. The van der Waals surface area contributed by atoms with Crippen LogP contribution in [-0.2, 0) is 30.9 Å². The van der Waals surface area contributed by atoms with Gasteiger partial charge in [-0.15, -0.1) is 45.3 Å². The predicted octanol–water partition coefficient (Wildman–Crippen LogP) is 19.2. The van der Waals surface area contributed by atoms with E-state index in [0.717, 1.165) is 116 Å². The summed E-state index contributed by atoms with van der Waals surface area (Å²) in [6.07, 6.45) is 31.2. The van der Waals surface area contributed by atoms with Gasteiger partial charge >= 0.3 is 5.97 Å². The highest BCUT2D eigenvalue weighted by Gasteiger charge is 2.60. The maximum atomic E-state index is 11.6. The predicted molar refractivity (Wildman–Crippen MR) is 385 cm³/mol. The van der Waals surface area contributed by atoms with Crippen molar-refractivity contribution in [3.8, 4) is 21.6 Å². The lowest BCUT2D eigenvalue weighted by Crippen LogP contribution is -2.64. The molecule has 13 heteroatoms. The summed E-state index contributed by atoms with van der Waals surface area (Å²) >= 11 is 13.5. The molecule has 8 atom stereocenters. The summed E-state index contributed by atoms with van der Waals surface area (Å²) in [5.74, 6) is 6.57. The third-order valence-electron chi connectivity index (χ3n) is 25.5. The Morgan fingerprint density at radius 2 is 0.903 bits per heavy atom. The van der Waals surface area contributed by atoms with Crippen LogP contribution in [0.2, 0.25) is 4.34 Å². The van der Waals surface area contributed by atoms with Crippen molar-refractivity contribution in [1.29, 1.82) is 0 Å². The van der Waals surface area contributed by atoms with Gasteiger partial charge in [0.1, 0.15) is 0 Å². The molecule has 0 saturated heterocycles. The normalized spacial score (nSPS) is 37.9. The number of esters is 1. The van der Waals surface area contributed by atoms with Gasteiger partial charge in [0.15, 0.2) is 0 Å². The van der Waals surface area contributed by atoms with Crippen molar-refractivity contribution >= 4 is 72.3 Å². The van der Waals surface area contributed by atoms with Crippen LogP contribution < -0.4 is 21.3 Å². The van der Waals surface area contributed by atoms with Gasteiger partial charge in [-0.25, -0.2) is 4.79 Å². The second kappa shape index (κ2) is 24.9. The molecular formula is C80H99ClN4O4S4. The molecule has 16 aliphatic rings. The smallest absolute Gasteiger partial charge is 0.337 e. The Morgan fingerprint density at radius 1 is 0.462 bits per heavy atom. The Bertz CT molecular complexity index is 3710. The molecular weight excluding hydrogens is 1240 g/mol. The fourth-order valence-corrected chi connectivity index (χ4v) is 28.2. The zero-order chi connectivity index (χ0) is 63.4. The van der Waals surface area contributed by atoms with E-state index in [1.165, 1.54) is 163 Å². The van der Waals surface area contributed by atoms with Crippen molar-refractivity contribution in [1.82, 2.24) is 21.3 Å². The van der Waals surface area contributed by atoms with Gasteiger partial charge in [0.05, 0.1) is 28.2 Å². The van der Waals surface area contributed by atoms with Crippen LogP contribution in [0.5, 0.6) is 0 Å². The molecule has 4 heterocycles. The number of methoxy groups -OCH3 is 1. The molecule has 16 fully saturated rings. The second-order valence-electron chi connectivity index (χ2n) is 33.9. The zero-order valence-corrected chi connectivity index (χ0v) is 59.2. The number of hydrogen-bond donors (Lipinski definition) is 6. The van der Waals surface area contributed by atoms with E-state index in [2.05, 4.69) is 125 Å². The summed E-state index contributed by atoms with van der Waals surface area (Å²) < 4.78 is 8.60. The van der Waals surface area contributed by atoms with E-state index in [1.807, 2.05) is 52.2 Å². The number of carbonyl (C=O) groups is 1. The number of ether oxygens (including phenoxy) is 1. The van der Waals surface area contributed by atoms with Crippen LogP contribution in [0.25, 0.3) is 31.0 Å². The van der Waals surface area contributed by atoms with Crippen LogP contribution in [0.1, 0.15) is 199 Å². The van der Waals surface area contributed by atoms with Gasteiger partial charge in [0.2, 0.25) is 0 Å². The van der Waals surface area contributed by atoms with E-state index in [4.69, 9.17) is 16.3 Å². The highest BCUT2D eigenvalue weighted by atomic mass is 35.5. The summed E-state index contributed by atoms with van der Waals surface area (Å²) in [4.78, 5) is 17.2. The number of carbonyl (C=O) groups excluding carboxylic acids is 1. The molecule has 23 rings (SSSR count). The fraction of sp³-hybridized carbons (Fsp3) is 0.588. The maximum absolute atomic E-state index is 11.6. The molecule has 8 nitrogen and oxygen atoms in total. The number of thiophene rings is 4. The summed E-state index contributed by atoms with van der Waals surface area (Å²) in [5.41, 5.74) is 7.06. The van der Waals surface area contributed by atoms with Crippen LogP contribution in [0.3, 0.4) is 0 Å². The first-order valence-corrected chi connectivity index (χ1v) is 39.5. The minimum Gasteiger partial charge on any atom is -0.465 e. The van der Waals surface area contributed by atoms with Gasteiger partial charge in [-0.1, -0.05) is 92.2 Å². The van der Waals surface area contributed by atoms with E-state index in [1.54, 1.807) is 23.5 Å². The molecule has 494 valence electrons. The van der Waals surface area contributed by atoms with Gasteiger partial charge in [0.25, 0.3) is 0 Å². The standard InChI is InChI=1S/C25H29NO3.C21H25NOS.C18H23NS2.C16H22ClNS/c1-29-23(27)22-8-6-21(7-9-22)20-4-2-17(3-5-20)15-26-24-11-18-10-19(12-24)14-25(28,13-18)16-24;23-21-11-15-8-16(12-21)10-20(9-15,14-21)22-13-18-6-7-19(24-18)17-4-2-1-3-5-17;1-17-6-12-4-13(7-17)9-18(8-12,11-17)19-10-14-5-16-15(21-14)2-3-20-16;1-15-5-11-4-12(6-15)8-16(7-11,10-15)18-9-13-2-3-14(17)19-13/h2-9,18-19,26,28H,10-16H2,1H3;1-7,15-16,22-23H,8-14H2;2-3,5,12-13,19H,4,6-11H2,1H3;2-3,11-12,18H,4-10H2,1H3. The molecule has 0 spiro atoms. The number of fused-ring (bicyclic) bond motifs is 1. The fourth-order valence-electron chi connectivity index (χ4n) is 24.1. The van der Waals surface area contributed by atoms with Gasteiger partial charge in [-0.3, -0.25) is 0 Å². The van der Waals surface area contributed by atoms with E-state index >= 15 is 0 Å². The average Bonchev–Trinajstić information content (AvgIpc) is 1.21. The lowest BCUT2D eigenvalue weighted by atomic mass is 9.47. The summed E-state index contributed by atoms with van der Waals surface area (Å²) in [6, 6.07) is 40.1. The van der Waals surface area contributed by atoms with Gasteiger partial charge in [-0.2, -0.15) is 0 Å². The Morgan fingerprint density at radius 3 is 1.35 bits per heavy atom. The van der Waals surface area contributed by atoms with Crippen LogP contribution in [0.4, 0.5) is 0 Å². The highest BCUT2D eigenvalue weighted by Crippen LogP contribution is 2.64. The molecule has 16 aliphatic carbocycles. The Labute approximate surface area is 574 Å². The minimum atomic E-state index is -0.419. The molecule has 16 bridgehead atoms. The first-order valence-electron chi connectivity index (χ1n) is 35.8. The zero-order valence-electron chi connectivity index (χ0n) is 55.2. The summed E-state index contributed by atoms with van der Waals surface area (Å²) in [6.45, 7) is 8.96. The maximum Gasteiger partial charge on any atom is 0.337 e. The summed E-state index contributed by atoms with van der Waals surface area (Å²) in [5, 5.41) is 39.7. The van der Waals surface area contributed by atoms with E-state index in [0.29, 0.717) is 39.3 Å². The number of benzene rings is 3. The van der Waals surface area contributed by atoms with Crippen LogP contribution >= 0.6 is 56.9 Å². The quantitative estimate of drug-likeness (QED) is 0.0563. The number of halogens is 1. The van der Waals surface area contributed by atoms with Crippen molar-refractivity contribution in [3.05, 3.63) is 151 Å². The lowest BCUT2D eigenvalue weighted by Gasteiger charge is -2.61. The van der Waals surface area contributed by atoms with Crippen molar-refractivity contribution < 1.29 is 19.7 Å². The molecule has 6 N–H and O–H groups in total. The topological polar surface area (TPSA) is 115 Å². The molecule has 0 aliphatic heterocycles. The Hall–Kier alpha value is -3.76. The molecule has 16 saturated carbocycles. The van der Waals surface area contributed by atoms with Gasteiger partial charge in [0, 0.05) is 77.2 Å². The monoisotopic (exact) mass is 1340 g/mol. The van der Waals surface area contributed by atoms with Gasteiger partial charge < -0.3 is 36.2 Å². The molecule has 93 heavy (non-hydrogen) atoms. The largest absolute Gasteiger partial charge is 0.465 e. The second-order valence-corrected chi connectivity index (χ2v) is 39.0. The van der Waals surface area contributed by atoms with Crippen molar-refractivity contribution in [2.24, 2.45) is 58.2 Å². The number of hydrogen-bond acceptors (Lipinski definition) is 12. The van der Waals surface area contributed by atoms with Crippen LogP contribution in [0, 0.1) is 58.2 Å². The molecule has 0 radical (unpaired) electrons. The average molecular weight is 1340 g/mol. The van der Waals surface area contributed by atoms with Crippen molar-refractivity contribution in [2.45, 2.75) is 227 Å². The molecule has 4 aromatic heterocycles. The SMILES string of the molecule is CC12CC3CC(C1)CC(NCc1cc4sccc4s1)(C3)C2.CC12CC3CC(C1)CC(NCc1ccc(Cl)s1)(C3)C2.COC(=O)c1ccc(-c2ccc(CNC34CC5CC(CC(O)(C5)C3)C4)cc2)cc1.OC12CC3CC(C1)CC(NCc1ccc(-c4ccccc4)s1)(C3)C2. The first-order chi connectivity index (χ1) is 44.7. The van der Waals surface area contributed by atoms with Crippen molar-refractivity contribution in [2.75, 3.05) is 7.11 Å². The van der Waals surface area contributed by atoms with Crippen LogP contribution in [0.15, 0.2) is 121 Å². The minimum absolute atomic E-state index is 0.126. The highest BCUT2D eigenvalue weighted by molar-refractivity contribution is 7.26. The van der Waals surface area contributed by atoms with E-state index < -0.39 is 5.60 Å². The van der Waals surface area contributed by atoms with Gasteiger partial charge in [-0.05, 0) is 288 Å². The first kappa shape index (κ1) is 63.9. The third kappa shape index (κ3) is 13.8. The number of nitrogens with one attached hydrogen (secondary N) is 4. The molecule has 8 unspecified atom stereocenters. The molecule has 7 aromatic rings.